The highest BCUT2D eigenvalue weighted by Crippen LogP contribution is 2.32. The number of nitrogens with one attached hydrogen (secondary N) is 1. The van der Waals surface area contributed by atoms with Crippen molar-refractivity contribution in [3.05, 3.63) is 42.0 Å². The van der Waals surface area contributed by atoms with Gasteiger partial charge < -0.3 is 20.3 Å². The average molecular weight is 289 g/mol. The van der Waals surface area contributed by atoms with Gasteiger partial charge in [-0.05, 0) is 18.7 Å². The van der Waals surface area contributed by atoms with Crippen molar-refractivity contribution in [2.45, 2.75) is 25.4 Å². The summed E-state index contributed by atoms with van der Waals surface area (Å²) in [4.78, 5) is 0. The lowest BCUT2D eigenvalue weighted by Gasteiger charge is -2.23. The third-order valence-electron chi connectivity index (χ3n) is 3.73. The molecule has 2 aromatic rings. The second-order valence-electron chi connectivity index (χ2n) is 5.28. The van der Waals surface area contributed by atoms with Gasteiger partial charge in [-0.25, -0.2) is 0 Å². The Kier molecular flexibility index (Phi) is 5.56. The topological polar surface area (TPSA) is 61.7 Å². The second-order valence-corrected chi connectivity index (χ2v) is 5.28. The number of hydrogen-bond donors (Lipinski definition) is 3. The Morgan fingerprint density at radius 1 is 1.19 bits per heavy atom. The first-order valence-electron chi connectivity index (χ1n) is 7.23. The molecule has 0 bridgehead atoms. The minimum atomic E-state index is -0.0266. The van der Waals surface area contributed by atoms with Crippen LogP contribution in [-0.4, -0.2) is 36.6 Å². The molecule has 0 radical (unpaired) electrons. The predicted octanol–water partition coefficient (Wildman–Crippen LogP) is 2.59. The molecule has 2 unspecified atom stereocenters. The average Bonchev–Trinajstić information content (AvgIpc) is 2.48. The molecule has 4 nitrogen and oxygen atoms in total. The summed E-state index contributed by atoms with van der Waals surface area (Å²) in [5, 5.41) is 24.8. The summed E-state index contributed by atoms with van der Waals surface area (Å²) >= 11 is 0. The number of hydrogen-bond acceptors (Lipinski definition) is 4. The maximum Gasteiger partial charge on any atom is 0.128 e. The van der Waals surface area contributed by atoms with Gasteiger partial charge in [-0.15, -0.1) is 0 Å². The number of aliphatic hydroxyl groups is 1. The van der Waals surface area contributed by atoms with Crippen LogP contribution in [0.15, 0.2) is 36.4 Å². The van der Waals surface area contributed by atoms with Crippen LogP contribution in [0, 0.1) is 0 Å². The van der Waals surface area contributed by atoms with Crippen LogP contribution < -0.4 is 5.32 Å². The van der Waals surface area contributed by atoms with Gasteiger partial charge in [0.15, 0.2) is 0 Å². The molecule has 2 rings (SSSR count). The van der Waals surface area contributed by atoms with Crippen molar-refractivity contribution in [2.75, 3.05) is 20.3 Å². The number of ether oxygens (including phenoxy) is 1. The largest absolute Gasteiger partial charge is 0.507 e. The summed E-state index contributed by atoms with van der Waals surface area (Å²) in [6.07, 6.45) is 0.618. The molecule has 0 fully saturated rings. The van der Waals surface area contributed by atoms with Gasteiger partial charge in [-0.3, -0.25) is 0 Å². The summed E-state index contributed by atoms with van der Waals surface area (Å²) in [6, 6.07) is 11.8. The Bertz CT molecular complexity index is 579. The highest BCUT2D eigenvalue weighted by atomic mass is 16.5. The lowest BCUT2D eigenvalue weighted by Crippen LogP contribution is -2.36. The van der Waals surface area contributed by atoms with Crippen LogP contribution in [-0.2, 0) is 4.74 Å². The minimum absolute atomic E-state index is 0.0266. The van der Waals surface area contributed by atoms with E-state index < -0.39 is 0 Å². The van der Waals surface area contributed by atoms with Gasteiger partial charge in [-0.1, -0.05) is 36.4 Å². The summed E-state index contributed by atoms with van der Waals surface area (Å²) in [5.74, 6) is 0.313. The molecule has 0 saturated carbocycles. The number of aliphatic hydroxyl groups excluding tert-OH is 1. The van der Waals surface area contributed by atoms with Crippen LogP contribution in [0.5, 0.6) is 5.75 Å². The van der Waals surface area contributed by atoms with Crippen LogP contribution in [0.3, 0.4) is 0 Å². The number of fused-ring (bicyclic) bond motifs is 1. The van der Waals surface area contributed by atoms with Gasteiger partial charge in [0.05, 0.1) is 6.61 Å². The molecule has 0 spiro atoms. The van der Waals surface area contributed by atoms with Crippen LogP contribution in [0.1, 0.15) is 24.9 Å². The lowest BCUT2D eigenvalue weighted by atomic mass is 10.00. The highest BCUT2D eigenvalue weighted by Gasteiger charge is 2.16. The predicted molar refractivity (Wildman–Crippen MR) is 84.5 cm³/mol. The fourth-order valence-corrected chi connectivity index (χ4v) is 2.64. The SMILES string of the molecule is COCC(CCO)NC(C)c1ccc2ccccc2c1O. The number of rotatable bonds is 7. The maximum atomic E-state index is 10.5. The van der Waals surface area contributed by atoms with Gasteiger partial charge >= 0.3 is 0 Å². The van der Waals surface area contributed by atoms with E-state index in [1.165, 1.54) is 0 Å². The molecule has 4 heteroatoms. The quantitative estimate of drug-likeness (QED) is 0.733. The monoisotopic (exact) mass is 289 g/mol. The molecule has 0 aromatic heterocycles. The van der Waals surface area contributed by atoms with E-state index in [0.717, 1.165) is 16.3 Å². The van der Waals surface area contributed by atoms with Gasteiger partial charge in [-0.2, -0.15) is 0 Å². The van der Waals surface area contributed by atoms with Gasteiger partial charge in [0.25, 0.3) is 0 Å². The van der Waals surface area contributed by atoms with Crippen molar-refractivity contribution in [1.82, 2.24) is 5.32 Å². The van der Waals surface area contributed by atoms with Crippen molar-refractivity contribution < 1.29 is 14.9 Å². The lowest BCUT2D eigenvalue weighted by molar-refractivity contribution is 0.143. The third-order valence-corrected chi connectivity index (χ3v) is 3.73. The molecule has 2 aromatic carbocycles. The number of phenolic OH excluding ortho intramolecular Hbond substituents is 1. The Morgan fingerprint density at radius 3 is 2.67 bits per heavy atom. The normalized spacial score (nSPS) is 14.2. The van der Waals surface area contributed by atoms with E-state index in [9.17, 15) is 5.11 Å². The highest BCUT2D eigenvalue weighted by molar-refractivity contribution is 5.89. The summed E-state index contributed by atoms with van der Waals surface area (Å²) in [7, 11) is 1.64. The molecule has 0 heterocycles. The van der Waals surface area contributed by atoms with E-state index in [0.29, 0.717) is 18.8 Å². The fourth-order valence-electron chi connectivity index (χ4n) is 2.64. The summed E-state index contributed by atoms with van der Waals surface area (Å²) < 4.78 is 5.16. The van der Waals surface area contributed by atoms with Crippen molar-refractivity contribution >= 4 is 10.8 Å². The van der Waals surface area contributed by atoms with E-state index >= 15 is 0 Å². The maximum absolute atomic E-state index is 10.5. The molecule has 0 aliphatic rings. The number of methoxy groups -OCH3 is 1. The van der Waals surface area contributed by atoms with E-state index in [2.05, 4.69) is 5.32 Å². The number of aromatic hydroxyl groups is 1. The first kappa shape index (κ1) is 15.8. The zero-order chi connectivity index (χ0) is 15.2. The van der Waals surface area contributed by atoms with E-state index in [-0.39, 0.29) is 18.7 Å². The van der Waals surface area contributed by atoms with Crippen LogP contribution in [0.25, 0.3) is 10.8 Å². The van der Waals surface area contributed by atoms with E-state index in [1.54, 1.807) is 7.11 Å². The van der Waals surface area contributed by atoms with Crippen molar-refractivity contribution in [2.24, 2.45) is 0 Å². The minimum Gasteiger partial charge on any atom is -0.507 e. The third kappa shape index (κ3) is 3.73. The van der Waals surface area contributed by atoms with Gasteiger partial charge in [0, 0.05) is 36.8 Å². The zero-order valence-corrected chi connectivity index (χ0v) is 12.5. The molecule has 21 heavy (non-hydrogen) atoms. The molecule has 3 N–H and O–H groups in total. The molecule has 2 atom stereocenters. The van der Waals surface area contributed by atoms with Crippen molar-refractivity contribution in [3.8, 4) is 5.75 Å². The van der Waals surface area contributed by atoms with Gasteiger partial charge in [0.2, 0.25) is 0 Å². The first-order valence-corrected chi connectivity index (χ1v) is 7.23. The van der Waals surface area contributed by atoms with Gasteiger partial charge in [0.1, 0.15) is 5.75 Å². The Hall–Kier alpha value is -1.62. The molecule has 0 aliphatic carbocycles. The van der Waals surface area contributed by atoms with Crippen molar-refractivity contribution in [1.29, 1.82) is 0 Å². The van der Waals surface area contributed by atoms with Crippen LogP contribution >= 0.6 is 0 Å². The Balaban J connectivity index is 2.22. The zero-order valence-electron chi connectivity index (χ0n) is 12.5. The Morgan fingerprint density at radius 2 is 1.95 bits per heavy atom. The van der Waals surface area contributed by atoms with Crippen LogP contribution in [0.4, 0.5) is 0 Å². The molecular weight excluding hydrogens is 266 g/mol. The van der Waals surface area contributed by atoms with E-state index in [4.69, 9.17) is 9.84 Å². The standard InChI is InChI=1S/C17H23NO3/c1-12(18-14(9-10-19)11-21-2)15-8-7-13-5-3-4-6-16(13)17(15)20/h3-8,12,14,18-20H,9-11H2,1-2H3. The molecule has 0 saturated heterocycles. The molecule has 114 valence electrons. The second kappa shape index (κ2) is 7.41. The first-order chi connectivity index (χ1) is 10.2. The number of benzene rings is 2. The summed E-state index contributed by atoms with van der Waals surface area (Å²) in [5.41, 5.74) is 0.854. The smallest absolute Gasteiger partial charge is 0.128 e. The Labute approximate surface area is 125 Å². The van der Waals surface area contributed by atoms with Crippen molar-refractivity contribution in [3.63, 3.8) is 0 Å². The number of phenols is 1. The van der Waals surface area contributed by atoms with E-state index in [1.807, 2.05) is 43.3 Å². The molecule has 0 amide bonds. The summed E-state index contributed by atoms with van der Waals surface area (Å²) in [6.45, 7) is 2.64. The molecule has 0 aliphatic heterocycles. The molecular formula is C17H23NO3. The van der Waals surface area contributed by atoms with Crippen LogP contribution in [0.2, 0.25) is 0 Å². The fraction of sp³-hybridized carbons (Fsp3) is 0.412.